The van der Waals surface area contributed by atoms with Crippen LogP contribution in [0.4, 0.5) is 5.69 Å². The monoisotopic (exact) mass is 264 g/mol. The van der Waals surface area contributed by atoms with Crippen molar-refractivity contribution >= 4 is 23.2 Å². The second kappa shape index (κ2) is 4.47. The molecule has 3 rings (SSSR count). The van der Waals surface area contributed by atoms with Crippen molar-refractivity contribution in [2.45, 2.75) is 31.7 Å². The summed E-state index contributed by atoms with van der Waals surface area (Å²) in [6.07, 6.45) is 4.75. The van der Waals surface area contributed by atoms with Crippen molar-refractivity contribution in [3.05, 3.63) is 28.8 Å². The van der Waals surface area contributed by atoms with Gasteiger partial charge in [-0.2, -0.15) is 0 Å². The van der Waals surface area contributed by atoms with E-state index in [1.165, 1.54) is 12.8 Å². The molecule has 96 valence electrons. The van der Waals surface area contributed by atoms with E-state index in [4.69, 9.17) is 17.3 Å². The minimum atomic E-state index is 0.0432. The van der Waals surface area contributed by atoms with Crippen LogP contribution in [0.5, 0.6) is 0 Å². The van der Waals surface area contributed by atoms with E-state index in [0.29, 0.717) is 28.2 Å². The fraction of sp³-hybridized carbons (Fsp3) is 0.500. The van der Waals surface area contributed by atoms with Gasteiger partial charge in [0.2, 0.25) is 0 Å². The third kappa shape index (κ3) is 2.46. The third-order valence-electron chi connectivity index (χ3n) is 3.62. The van der Waals surface area contributed by atoms with E-state index >= 15 is 0 Å². The number of nitrogens with zero attached hydrogens (tertiary/aromatic N) is 1. The zero-order valence-electron chi connectivity index (χ0n) is 10.2. The first kappa shape index (κ1) is 11.8. The van der Waals surface area contributed by atoms with Crippen LogP contribution in [0.25, 0.3) is 0 Å². The van der Waals surface area contributed by atoms with Gasteiger partial charge in [0.05, 0.1) is 10.6 Å². The van der Waals surface area contributed by atoms with Gasteiger partial charge in [0, 0.05) is 18.3 Å². The summed E-state index contributed by atoms with van der Waals surface area (Å²) in [5, 5.41) is 0.496. The molecule has 0 saturated heterocycles. The molecule has 0 unspecified atom stereocenters. The maximum Gasteiger partial charge on any atom is 0.255 e. The van der Waals surface area contributed by atoms with Gasteiger partial charge in [0.25, 0.3) is 5.91 Å². The van der Waals surface area contributed by atoms with Crippen LogP contribution in [0, 0.1) is 5.92 Å². The molecule has 1 amide bonds. The molecule has 0 aliphatic heterocycles. The Morgan fingerprint density at radius 3 is 2.67 bits per heavy atom. The van der Waals surface area contributed by atoms with Gasteiger partial charge in [-0.05, 0) is 49.8 Å². The number of nitrogens with two attached hydrogens (primary N) is 1. The van der Waals surface area contributed by atoms with Gasteiger partial charge >= 0.3 is 0 Å². The first-order chi connectivity index (χ1) is 8.65. The fourth-order valence-electron chi connectivity index (χ4n) is 2.22. The topological polar surface area (TPSA) is 46.3 Å². The molecule has 0 aromatic heterocycles. The highest BCUT2D eigenvalue weighted by Gasteiger charge is 2.37. The fourth-order valence-corrected chi connectivity index (χ4v) is 2.42. The quantitative estimate of drug-likeness (QED) is 0.850. The number of rotatable bonds is 4. The number of hydrogen-bond acceptors (Lipinski definition) is 2. The minimum absolute atomic E-state index is 0.0432. The number of amides is 1. The molecule has 2 fully saturated rings. The summed E-state index contributed by atoms with van der Waals surface area (Å²) in [6.45, 7) is 0.884. The standard InChI is InChI=1S/C14H17ClN2O/c15-13-6-3-10(16)7-12(13)14(18)17(11-4-5-11)8-9-1-2-9/h3,6-7,9,11H,1-2,4-5,8,16H2. The van der Waals surface area contributed by atoms with Crippen LogP contribution < -0.4 is 5.73 Å². The summed E-state index contributed by atoms with van der Waals surface area (Å²) >= 11 is 6.11. The molecule has 3 nitrogen and oxygen atoms in total. The molecule has 0 radical (unpaired) electrons. The normalized spacial score (nSPS) is 18.7. The number of nitrogen functional groups attached to an aromatic ring is 1. The van der Waals surface area contributed by atoms with E-state index in [2.05, 4.69) is 0 Å². The van der Waals surface area contributed by atoms with Crippen molar-refractivity contribution < 1.29 is 4.79 Å². The molecule has 2 saturated carbocycles. The van der Waals surface area contributed by atoms with Crippen molar-refractivity contribution in [1.82, 2.24) is 4.90 Å². The zero-order chi connectivity index (χ0) is 12.7. The summed E-state index contributed by atoms with van der Waals surface area (Å²) in [5.41, 5.74) is 6.87. The predicted octanol–water partition coefficient (Wildman–Crippen LogP) is 2.94. The molecule has 2 aliphatic carbocycles. The van der Waals surface area contributed by atoms with Crippen molar-refractivity contribution in [2.24, 2.45) is 5.92 Å². The Labute approximate surface area is 112 Å². The van der Waals surface area contributed by atoms with Crippen molar-refractivity contribution in [3.8, 4) is 0 Å². The maximum atomic E-state index is 12.5. The Kier molecular flexibility index (Phi) is 2.94. The average Bonchev–Trinajstić information content (AvgIpc) is 3.21. The summed E-state index contributed by atoms with van der Waals surface area (Å²) < 4.78 is 0. The molecule has 1 aromatic carbocycles. The molecule has 0 heterocycles. The van der Waals surface area contributed by atoms with Crippen LogP contribution >= 0.6 is 11.6 Å². The molecule has 4 heteroatoms. The average molecular weight is 265 g/mol. The molecular formula is C14H17ClN2O. The molecule has 1 aromatic rings. The smallest absolute Gasteiger partial charge is 0.255 e. The molecule has 2 aliphatic rings. The number of halogens is 1. The highest BCUT2D eigenvalue weighted by Crippen LogP contribution is 2.36. The van der Waals surface area contributed by atoms with E-state index < -0.39 is 0 Å². The molecule has 2 N–H and O–H groups in total. The lowest BCUT2D eigenvalue weighted by Gasteiger charge is -2.23. The lowest BCUT2D eigenvalue weighted by molar-refractivity contribution is 0.0735. The Morgan fingerprint density at radius 1 is 1.33 bits per heavy atom. The Hall–Kier alpha value is -1.22. The predicted molar refractivity (Wildman–Crippen MR) is 72.6 cm³/mol. The summed E-state index contributed by atoms with van der Waals surface area (Å²) in [5.74, 6) is 0.746. The van der Waals surface area contributed by atoms with Gasteiger partial charge in [-0.15, -0.1) is 0 Å². The second-order valence-corrected chi connectivity index (χ2v) is 5.78. The van der Waals surface area contributed by atoms with Crippen LogP contribution in [0.15, 0.2) is 18.2 Å². The Morgan fingerprint density at radius 2 is 2.06 bits per heavy atom. The van der Waals surface area contributed by atoms with Crippen LogP contribution in [0.1, 0.15) is 36.0 Å². The SMILES string of the molecule is Nc1ccc(Cl)c(C(=O)N(CC2CC2)C2CC2)c1. The van der Waals surface area contributed by atoms with E-state index in [1.54, 1.807) is 18.2 Å². The van der Waals surface area contributed by atoms with Gasteiger partial charge in [-0.1, -0.05) is 11.6 Å². The van der Waals surface area contributed by atoms with Crippen LogP contribution in [0.3, 0.4) is 0 Å². The molecule has 18 heavy (non-hydrogen) atoms. The van der Waals surface area contributed by atoms with E-state index in [-0.39, 0.29) is 5.91 Å². The maximum absolute atomic E-state index is 12.5. The Balaban J connectivity index is 1.83. The van der Waals surface area contributed by atoms with Crippen molar-refractivity contribution in [2.75, 3.05) is 12.3 Å². The molecule has 0 bridgehead atoms. The van der Waals surface area contributed by atoms with Gasteiger partial charge in [0.1, 0.15) is 0 Å². The van der Waals surface area contributed by atoms with Crippen LogP contribution in [-0.2, 0) is 0 Å². The number of carbonyl (C=O) groups is 1. The van der Waals surface area contributed by atoms with Crippen molar-refractivity contribution in [1.29, 1.82) is 0 Å². The highest BCUT2D eigenvalue weighted by molar-refractivity contribution is 6.34. The first-order valence-corrected chi connectivity index (χ1v) is 6.89. The lowest BCUT2D eigenvalue weighted by atomic mass is 10.1. The third-order valence-corrected chi connectivity index (χ3v) is 3.95. The first-order valence-electron chi connectivity index (χ1n) is 6.51. The van der Waals surface area contributed by atoms with E-state index in [1.807, 2.05) is 4.90 Å². The molecule has 0 atom stereocenters. The second-order valence-electron chi connectivity index (χ2n) is 5.37. The molecule has 0 spiro atoms. The zero-order valence-corrected chi connectivity index (χ0v) is 11.0. The molecular weight excluding hydrogens is 248 g/mol. The van der Waals surface area contributed by atoms with E-state index in [9.17, 15) is 4.79 Å². The number of benzene rings is 1. The number of anilines is 1. The highest BCUT2D eigenvalue weighted by atomic mass is 35.5. The van der Waals surface area contributed by atoms with E-state index in [0.717, 1.165) is 19.4 Å². The van der Waals surface area contributed by atoms with Crippen LogP contribution in [-0.4, -0.2) is 23.4 Å². The van der Waals surface area contributed by atoms with Gasteiger partial charge in [-0.25, -0.2) is 0 Å². The number of carbonyl (C=O) groups excluding carboxylic acids is 1. The van der Waals surface area contributed by atoms with Gasteiger partial charge < -0.3 is 10.6 Å². The summed E-state index contributed by atoms with van der Waals surface area (Å²) in [7, 11) is 0. The number of hydrogen-bond donors (Lipinski definition) is 1. The largest absolute Gasteiger partial charge is 0.399 e. The van der Waals surface area contributed by atoms with Crippen LogP contribution in [0.2, 0.25) is 5.02 Å². The van der Waals surface area contributed by atoms with Gasteiger partial charge in [0.15, 0.2) is 0 Å². The van der Waals surface area contributed by atoms with Gasteiger partial charge in [-0.3, -0.25) is 4.79 Å². The minimum Gasteiger partial charge on any atom is -0.399 e. The van der Waals surface area contributed by atoms with Crippen molar-refractivity contribution in [3.63, 3.8) is 0 Å². The lowest BCUT2D eigenvalue weighted by Crippen LogP contribution is -2.35. The Bertz CT molecular complexity index is 481. The summed E-state index contributed by atoms with van der Waals surface area (Å²) in [6, 6.07) is 5.54. The summed E-state index contributed by atoms with van der Waals surface area (Å²) in [4.78, 5) is 14.5.